The van der Waals surface area contributed by atoms with Crippen molar-refractivity contribution in [3.05, 3.63) is 87.4 Å². The summed E-state index contributed by atoms with van der Waals surface area (Å²) in [7, 11) is 0. The number of hydrogen-bond acceptors (Lipinski definition) is 9. The molecule has 0 saturated carbocycles. The van der Waals surface area contributed by atoms with E-state index in [4.69, 9.17) is 0 Å². The highest BCUT2D eigenvalue weighted by Gasteiger charge is 2.27. The van der Waals surface area contributed by atoms with Gasteiger partial charge in [0.25, 0.3) is 0 Å². The molecular formula is C32H34FN7O2S. The zero-order chi connectivity index (χ0) is 29.8. The molecule has 43 heavy (non-hydrogen) atoms. The predicted octanol–water partition coefficient (Wildman–Crippen LogP) is 4.71. The van der Waals surface area contributed by atoms with Gasteiger partial charge in [0.1, 0.15) is 22.0 Å². The first-order chi connectivity index (χ1) is 20.9. The Morgan fingerprint density at radius 2 is 1.65 bits per heavy atom. The van der Waals surface area contributed by atoms with E-state index >= 15 is 0 Å². The number of anilines is 3. The Morgan fingerprint density at radius 1 is 0.884 bits per heavy atom. The number of alkyl halides is 1. The minimum absolute atomic E-state index is 0.0926. The second kappa shape index (κ2) is 12.9. The zero-order valence-corrected chi connectivity index (χ0v) is 24.9. The summed E-state index contributed by atoms with van der Waals surface area (Å²) in [5.41, 5.74) is 3.98. The van der Waals surface area contributed by atoms with Crippen LogP contribution in [0.25, 0.3) is 0 Å². The molecule has 0 radical (unpaired) electrons. The summed E-state index contributed by atoms with van der Waals surface area (Å²) in [6, 6.07) is 19.4. The summed E-state index contributed by atoms with van der Waals surface area (Å²) >= 11 is 1.53. The lowest BCUT2D eigenvalue weighted by atomic mass is 9.98. The zero-order valence-electron chi connectivity index (χ0n) is 24.1. The number of carbonyl (C=O) groups excluding carboxylic acids is 2. The van der Waals surface area contributed by atoms with Gasteiger partial charge in [-0.05, 0) is 55.2 Å². The average Bonchev–Trinajstić information content (AvgIpc) is 3.44. The third kappa shape index (κ3) is 7.40. The van der Waals surface area contributed by atoms with E-state index in [-0.39, 0.29) is 24.5 Å². The molecule has 0 bridgehead atoms. The van der Waals surface area contributed by atoms with Gasteiger partial charge >= 0.3 is 0 Å². The van der Waals surface area contributed by atoms with Crippen LogP contribution in [0.3, 0.4) is 0 Å². The van der Waals surface area contributed by atoms with E-state index in [0.29, 0.717) is 31.2 Å². The molecule has 222 valence electrons. The summed E-state index contributed by atoms with van der Waals surface area (Å²) in [4.78, 5) is 29.4. The first kappa shape index (κ1) is 28.9. The lowest BCUT2D eigenvalue weighted by molar-refractivity contribution is -0.118. The van der Waals surface area contributed by atoms with E-state index in [1.165, 1.54) is 11.3 Å². The molecule has 0 unspecified atom stereocenters. The topological polar surface area (TPSA) is 104 Å². The Morgan fingerprint density at radius 3 is 2.37 bits per heavy atom. The number of aryl methyl sites for hydroxylation is 1. The fourth-order valence-electron chi connectivity index (χ4n) is 5.57. The van der Waals surface area contributed by atoms with Crippen LogP contribution in [-0.2, 0) is 28.9 Å². The van der Waals surface area contributed by atoms with Crippen LogP contribution in [0, 0.1) is 6.92 Å². The van der Waals surface area contributed by atoms with Crippen LogP contribution in [0.4, 0.5) is 21.7 Å². The number of rotatable bonds is 10. The van der Waals surface area contributed by atoms with Gasteiger partial charge < -0.3 is 15.1 Å². The van der Waals surface area contributed by atoms with Crippen molar-refractivity contribution in [3.8, 4) is 0 Å². The second-order valence-corrected chi connectivity index (χ2v) is 12.4. The molecule has 9 nitrogen and oxygen atoms in total. The Balaban J connectivity index is 0.960. The SMILES string of the molecule is Cc1cccc(CC(=O)Nc2ccc(N3CCC(c4nnc(CC(=O)Cc5cccc(N6CC(F)C6)c5)s4)CC3)nn2)c1. The number of halogens is 1. The summed E-state index contributed by atoms with van der Waals surface area (Å²) in [5.74, 6) is 1.47. The number of benzene rings is 2. The summed E-state index contributed by atoms with van der Waals surface area (Å²) in [5, 5.41) is 21.9. The molecule has 0 atom stereocenters. The minimum atomic E-state index is -0.764. The molecule has 6 rings (SSSR count). The van der Waals surface area contributed by atoms with Crippen LogP contribution < -0.4 is 15.1 Å². The maximum atomic E-state index is 13.2. The van der Waals surface area contributed by atoms with Crippen molar-refractivity contribution < 1.29 is 14.0 Å². The highest BCUT2D eigenvalue weighted by molar-refractivity contribution is 7.11. The van der Waals surface area contributed by atoms with Crippen molar-refractivity contribution in [2.75, 3.05) is 41.3 Å². The van der Waals surface area contributed by atoms with Gasteiger partial charge in [-0.3, -0.25) is 9.59 Å². The summed E-state index contributed by atoms with van der Waals surface area (Å²) in [6.45, 7) is 4.45. The van der Waals surface area contributed by atoms with Crippen LogP contribution >= 0.6 is 11.3 Å². The van der Waals surface area contributed by atoms with Crippen LogP contribution in [0.5, 0.6) is 0 Å². The van der Waals surface area contributed by atoms with Crippen molar-refractivity contribution in [2.24, 2.45) is 0 Å². The van der Waals surface area contributed by atoms with Crippen LogP contribution in [-0.4, -0.2) is 64.4 Å². The average molecular weight is 600 g/mol. The first-order valence-electron chi connectivity index (χ1n) is 14.6. The highest BCUT2D eigenvalue weighted by atomic mass is 32.1. The largest absolute Gasteiger partial charge is 0.366 e. The smallest absolute Gasteiger partial charge is 0.229 e. The number of ketones is 1. The van der Waals surface area contributed by atoms with Gasteiger partial charge in [-0.2, -0.15) is 0 Å². The van der Waals surface area contributed by atoms with Crippen molar-refractivity contribution in [3.63, 3.8) is 0 Å². The molecule has 11 heteroatoms. The van der Waals surface area contributed by atoms with E-state index in [0.717, 1.165) is 64.1 Å². The van der Waals surface area contributed by atoms with Gasteiger partial charge in [-0.25, -0.2) is 4.39 Å². The van der Waals surface area contributed by atoms with Crippen molar-refractivity contribution in [2.45, 2.75) is 51.1 Å². The van der Waals surface area contributed by atoms with Crippen molar-refractivity contribution >= 4 is 40.4 Å². The molecule has 2 aliphatic heterocycles. The number of hydrogen-bond donors (Lipinski definition) is 1. The molecule has 0 spiro atoms. The Labute approximate surface area is 254 Å². The van der Waals surface area contributed by atoms with Crippen LogP contribution in [0.2, 0.25) is 0 Å². The molecule has 1 amide bonds. The number of carbonyl (C=O) groups is 2. The molecular weight excluding hydrogens is 565 g/mol. The molecule has 2 aromatic heterocycles. The number of nitrogens with one attached hydrogen (secondary N) is 1. The van der Waals surface area contributed by atoms with Gasteiger partial charge in [0.2, 0.25) is 5.91 Å². The normalized spacial score (nSPS) is 15.8. The van der Waals surface area contributed by atoms with Crippen LogP contribution in [0.1, 0.15) is 45.5 Å². The van der Waals surface area contributed by atoms with E-state index in [1.807, 2.05) is 66.4 Å². The van der Waals surface area contributed by atoms with E-state index < -0.39 is 6.17 Å². The Bertz CT molecular complexity index is 1580. The lowest BCUT2D eigenvalue weighted by Gasteiger charge is -2.36. The molecule has 2 saturated heterocycles. The van der Waals surface area contributed by atoms with Gasteiger partial charge in [0.05, 0.1) is 25.9 Å². The molecule has 0 aliphatic carbocycles. The minimum Gasteiger partial charge on any atom is -0.366 e. The third-order valence-corrected chi connectivity index (χ3v) is 8.96. The number of nitrogens with zero attached hydrogens (tertiary/aromatic N) is 6. The lowest BCUT2D eigenvalue weighted by Crippen LogP contribution is -2.48. The number of piperidine rings is 1. The fourth-order valence-corrected chi connectivity index (χ4v) is 6.61. The summed E-state index contributed by atoms with van der Waals surface area (Å²) < 4.78 is 13.2. The number of Topliss-reactive ketones (excluding diaryl/α,β-unsaturated/α-hetero) is 1. The van der Waals surface area contributed by atoms with E-state index in [2.05, 4.69) is 30.6 Å². The van der Waals surface area contributed by atoms with Crippen molar-refractivity contribution in [1.29, 1.82) is 0 Å². The van der Waals surface area contributed by atoms with Gasteiger partial charge in [-0.1, -0.05) is 42.0 Å². The third-order valence-electron chi connectivity index (χ3n) is 7.88. The maximum Gasteiger partial charge on any atom is 0.229 e. The Hall–Kier alpha value is -4.25. The maximum absolute atomic E-state index is 13.2. The fraction of sp³-hybridized carbons (Fsp3) is 0.375. The molecule has 2 fully saturated rings. The van der Waals surface area contributed by atoms with Gasteiger partial charge in [0, 0.05) is 31.1 Å². The molecule has 4 heterocycles. The molecule has 2 aliphatic rings. The van der Waals surface area contributed by atoms with Crippen molar-refractivity contribution in [1.82, 2.24) is 20.4 Å². The van der Waals surface area contributed by atoms with E-state index in [1.54, 1.807) is 6.07 Å². The number of amides is 1. The molecule has 2 aromatic carbocycles. The van der Waals surface area contributed by atoms with E-state index in [9.17, 15) is 14.0 Å². The van der Waals surface area contributed by atoms with Crippen LogP contribution in [0.15, 0.2) is 60.7 Å². The highest BCUT2D eigenvalue weighted by Crippen LogP contribution is 2.32. The monoisotopic (exact) mass is 599 g/mol. The summed E-state index contributed by atoms with van der Waals surface area (Å²) in [6.07, 6.45) is 1.92. The van der Waals surface area contributed by atoms with Gasteiger partial charge in [0.15, 0.2) is 11.6 Å². The molecule has 1 N–H and O–H groups in total. The quantitative estimate of drug-likeness (QED) is 0.280. The Kier molecular flexibility index (Phi) is 8.69. The standard InChI is InChI=1S/C32H34FN7O2S/c1-21-4-2-5-22(14-21)17-30(42)34-28-8-9-29(36-35-28)39-12-10-24(11-13-39)32-38-37-31(43-32)18-27(41)16-23-6-3-7-26(15-23)40-19-25(33)20-40/h2-9,14-15,24-25H,10-13,16-20H2,1H3,(H,34,35,42). The van der Waals surface area contributed by atoms with Gasteiger partial charge in [-0.15, -0.1) is 31.7 Å². The molecule has 4 aromatic rings. The first-order valence-corrected chi connectivity index (χ1v) is 15.5. The second-order valence-electron chi connectivity index (χ2n) is 11.4. The predicted molar refractivity (Wildman–Crippen MR) is 166 cm³/mol. The number of aromatic nitrogens is 4.